The number of thiophene rings is 1. The van der Waals surface area contributed by atoms with Gasteiger partial charge in [0.1, 0.15) is 4.83 Å². The minimum atomic E-state index is -0.348. The molecule has 0 saturated heterocycles. The van der Waals surface area contributed by atoms with Crippen molar-refractivity contribution in [1.29, 1.82) is 0 Å². The number of ether oxygens (including phenoxy) is 1. The molecule has 0 aliphatic rings. The second kappa shape index (κ2) is 5.21. The number of hydrogen-bond acceptors (Lipinski definition) is 6. The van der Waals surface area contributed by atoms with Crippen molar-refractivity contribution in [1.82, 2.24) is 9.97 Å². The van der Waals surface area contributed by atoms with Crippen LogP contribution in [-0.2, 0) is 6.42 Å². The zero-order valence-corrected chi connectivity index (χ0v) is 11.0. The van der Waals surface area contributed by atoms with Gasteiger partial charge in [0.05, 0.1) is 5.39 Å². The van der Waals surface area contributed by atoms with Crippen molar-refractivity contribution in [2.24, 2.45) is 5.84 Å². The molecule has 0 fully saturated rings. The van der Waals surface area contributed by atoms with Crippen LogP contribution in [0.1, 0.15) is 18.7 Å². The van der Waals surface area contributed by atoms with Crippen LogP contribution in [0.3, 0.4) is 0 Å². The Morgan fingerprint density at radius 2 is 2.39 bits per heavy atom. The van der Waals surface area contributed by atoms with E-state index >= 15 is 0 Å². The lowest BCUT2D eigenvalue weighted by atomic mass is 10.3. The standard InChI is InChI=1S/C12H14N4OS/c1-4-7(3)17-10-9-6-8(5-2)18-11(9)15-12(14-10)16-13/h1,6-7H,5,13H2,2-3H3,(H,14,15,16). The van der Waals surface area contributed by atoms with E-state index in [-0.39, 0.29) is 6.10 Å². The third-order valence-electron chi connectivity index (χ3n) is 2.41. The van der Waals surface area contributed by atoms with Crippen molar-refractivity contribution < 1.29 is 4.74 Å². The van der Waals surface area contributed by atoms with Crippen molar-refractivity contribution in [2.45, 2.75) is 26.4 Å². The molecule has 0 bridgehead atoms. The Kier molecular flexibility index (Phi) is 3.65. The fourth-order valence-electron chi connectivity index (χ4n) is 1.48. The molecule has 0 aliphatic heterocycles. The van der Waals surface area contributed by atoms with Gasteiger partial charge in [-0.15, -0.1) is 17.8 Å². The van der Waals surface area contributed by atoms with Gasteiger partial charge in [0.25, 0.3) is 0 Å². The molecular weight excluding hydrogens is 248 g/mol. The third-order valence-corrected chi connectivity index (χ3v) is 3.58. The van der Waals surface area contributed by atoms with E-state index in [0.717, 1.165) is 16.6 Å². The highest BCUT2D eigenvalue weighted by atomic mass is 32.1. The first kappa shape index (κ1) is 12.6. The summed E-state index contributed by atoms with van der Waals surface area (Å²) in [6, 6.07) is 2.03. The van der Waals surface area contributed by atoms with E-state index in [2.05, 4.69) is 28.2 Å². The number of anilines is 1. The number of nitrogen functional groups attached to an aromatic ring is 1. The molecule has 18 heavy (non-hydrogen) atoms. The van der Waals surface area contributed by atoms with Gasteiger partial charge in [-0.2, -0.15) is 4.98 Å². The fourth-order valence-corrected chi connectivity index (χ4v) is 2.43. The highest BCUT2D eigenvalue weighted by molar-refractivity contribution is 7.18. The molecule has 0 saturated carbocycles. The van der Waals surface area contributed by atoms with Crippen LogP contribution in [0.2, 0.25) is 0 Å². The average molecular weight is 262 g/mol. The number of aryl methyl sites for hydroxylation is 1. The van der Waals surface area contributed by atoms with Crippen LogP contribution in [0.15, 0.2) is 6.07 Å². The highest BCUT2D eigenvalue weighted by Crippen LogP contribution is 2.31. The van der Waals surface area contributed by atoms with Gasteiger partial charge >= 0.3 is 0 Å². The predicted octanol–water partition coefficient (Wildman–Crippen LogP) is 1.94. The third kappa shape index (κ3) is 2.37. The Hall–Kier alpha value is -1.84. The summed E-state index contributed by atoms with van der Waals surface area (Å²) in [6.45, 7) is 3.88. The van der Waals surface area contributed by atoms with Crippen molar-refractivity contribution in [3.8, 4) is 18.2 Å². The Morgan fingerprint density at radius 3 is 3.00 bits per heavy atom. The van der Waals surface area contributed by atoms with Gasteiger partial charge in [-0.3, -0.25) is 5.43 Å². The molecule has 2 rings (SSSR count). The number of nitrogens with zero attached hydrogens (tertiary/aromatic N) is 2. The first-order valence-corrected chi connectivity index (χ1v) is 6.39. The SMILES string of the molecule is C#CC(C)Oc1nc(NN)nc2sc(CC)cc12. The Labute approximate surface area is 109 Å². The molecule has 94 valence electrons. The Balaban J connectivity index is 2.54. The van der Waals surface area contributed by atoms with Crippen LogP contribution in [0, 0.1) is 12.3 Å². The second-order valence-corrected chi connectivity index (χ2v) is 4.82. The summed E-state index contributed by atoms with van der Waals surface area (Å²) < 4.78 is 5.60. The zero-order chi connectivity index (χ0) is 13.1. The zero-order valence-electron chi connectivity index (χ0n) is 10.2. The summed E-state index contributed by atoms with van der Waals surface area (Å²) in [5.74, 6) is 8.64. The molecule has 2 aromatic rings. The normalized spacial score (nSPS) is 12.1. The maximum absolute atomic E-state index is 5.60. The van der Waals surface area contributed by atoms with Gasteiger partial charge in [-0.1, -0.05) is 12.8 Å². The minimum Gasteiger partial charge on any atom is -0.461 e. The largest absolute Gasteiger partial charge is 0.461 e. The quantitative estimate of drug-likeness (QED) is 0.500. The van der Waals surface area contributed by atoms with Crippen LogP contribution >= 0.6 is 11.3 Å². The van der Waals surface area contributed by atoms with Crippen LogP contribution in [0.5, 0.6) is 5.88 Å². The van der Waals surface area contributed by atoms with E-state index in [9.17, 15) is 0 Å². The number of fused-ring (bicyclic) bond motifs is 1. The molecule has 5 nitrogen and oxygen atoms in total. The molecule has 0 spiro atoms. The van der Waals surface area contributed by atoms with E-state index in [4.69, 9.17) is 17.0 Å². The molecule has 2 heterocycles. The predicted molar refractivity (Wildman–Crippen MR) is 73.5 cm³/mol. The topological polar surface area (TPSA) is 73.1 Å². The maximum Gasteiger partial charge on any atom is 0.241 e. The van der Waals surface area contributed by atoms with Gasteiger partial charge in [-0.05, 0) is 19.4 Å². The minimum absolute atomic E-state index is 0.325. The van der Waals surface area contributed by atoms with Crippen LogP contribution in [0.25, 0.3) is 10.2 Å². The van der Waals surface area contributed by atoms with Crippen molar-refractivity contribution in [3.63, 3.8) is 0 Å². The number of terminal acetylenes is 1. The van der Waals surface area contributed by atoms with Gasteiger partial charge in [-0.25, -0.2) is 10.8 Å². The molecule has 0 aromatic carbocycles. The number of aromatic nitrogens is 2. The smallest absolute Gasteiger partial charge is 0.241 e. The van der Waals surface area contributed by atoms with Crippen molar-refractivity contribution >= 4 is 27.5 Å². The van der Waals surface area contributed by atoms with Crippen molar-refractivity contribution in [2.75, 3.05) is 5.43 Å². The highest BCUT2D eigenvalue weighted by Gasteiger charge is 2.13. The van der Waals surface area contributed by atoms with E-state index in [0.29, 0.717) is 11.8 Å². The lowest BCUT2D eigenvalue weighted by Gasteiger charge is -2.09. The lowest BCUT2D eigenvalue weighted by molar-refractivity contribution is 0.272. The van der Waals surface area contributed by atoms with E-state index in [1.54, 1.807) is 18.3 Å². The average Bonchev–Trinajstić information content (AvgIpc) is 2.81. The summed E-state index contributed by atoms with van der Waals surface area (Å²) in [7, 11) is 0. The molecule has 1 atom stereocenters. The molecule has 0 radical (unpaired) electrons. The van der Waals surface area contributed by atoms with Crippen LogP contribution in [-0.4, -0.2) is 16.1 Å². The maximum atomic E-state index is 5.60. The number of nitrogens with two attached hydrogens (primary N) is 1. The van der Waals surface area contributed by atoms with Crippen molar-refractivity contribution in [3.05, 3.63) is 10.9 Å². The molecular formula is C12H14N4OS. The molecule has 3 N–H and O–H groups in total. The Morgan fingerprint density at radius 1 is 1.61 bits per heavy atom. The van der Waals surface area contributed by atoms with E-state index in [1.165, 1.54) is 4.88 Å². The second-order valence-electron chi connectivity index (χ2n) is 3.71. The fraction of sp³-hybridized carbons (Fsp3) is 0.333. The first-order chi connectivity index (χ1) is 8.67. The van der Waals surface area contributed by atoms with Gasteiger partial charge in [0.2, 0.25) is 11.8 Å². The van der Waals surface area contributed by atoms with Gasteiger partial charge in [0, 0.05) is 4.88 Å². The molecule has 0 aliphatic carbocycles. The molecule has 0 amide bonds. The number of nitrogens with one attached hydrogen (secondary N) is 1. The number of hydrazine groups is 1. The molecule has 1 unspecified atom stereocenters. The molecule has 6 heteroatoms. The van der Waals surface area contributed by atoms with Gasteiger partial charge in [0.15, 0.2) is 6.10 Å². The molecule has 2 aromatic heterocycles. The summed E-state index contributed by atoms with van der Waals surface area (Å²) in [5.41, 5.74) is 2.43. The number of rotatable bonds is 4. The van der Waals surface area contributed by atoms with E-state index in [1.807, 2.05) is 6.07 Å². The number of hydrogen-bond donors (Lipinski definition) is 2. The lowest BCUT2D eigenvalue weighted by Crippen LogP contribution is -2.13. The summed E-state index contributed by atoms with van der Waals surface area (Å²) >= 11 is 1.60. The van der Waals surface area contributed by atoms with Gasteiger partial charge < -0.3 is 4.74 Å². The summed E-state index contributed by atoms with van der Waals surface area (Å²) in [5, 5.41) is 0.873. The van der Waals surface area contributed by atoms with Crippen LogP contribution in [0.4, 0.5) is 5.95 Å². The summed E-state index contributed by atoms with van der Waals surface area (Å²) in [4.78, 5) is 10.5. The first-order valence-electron chi connectivity index (χ1n) is 5.57. The van der Waals surface area contributed by atoms with Crippen LogP contribution < -0.4 is 16.0 Å². The monoisotopic (exact) mass is 262 g/mol. The summed E-state index contributed by atoms with van der Waals surface area (Å²) in [6.07, 6.45) is 5.90. The Bertz CT molecular complexity index is 602. The van der Waals surface area contributed by atoms with E-state index < -0.39 is 0 Å².